The lowest BCUT2D eigenvalue weighted by molar-refractivity contribution is -0.876. The number of hydrogen-bond donors (Lipinski definition) is 1. The number of carbonyl (C=O) groups excluding carboxylic acids is 1. The van der Waals surface area contributed by atoms with Crippen molar-refractivity contribution < 1.29 is 19.1 Å². The van der Waals surface area contributed by atoms with Crippen LogP contribution in [0.5, 0.6) is 0 Å². The largest absolute Gasteiger partial charge is 0.426 e. The molecule has 1 unspecified atom stereocenters. The molecule has 0 saturated heterocycles. The molecule has 0 spiro atoms. The van der Waals surface area contributed by atoms with E-state index < -0.39 is 12.3 Å². The highest BCUT2D eigenvalue weighted by Crippen LogP contribution is 2.00. The van der Waals surface area contributed by atoms with Gasteiger partial charge in [-0.1, -0.05) is 6.58 Å². The average Bonchev–Trinajstić information content (AvgIpc) is 1.81. The summed E-state index contributed by atoms with van der Waals surface area (Å²) < 4.78 is 5.22. The molecule has 0 saturated carbocycles. The molecular formula is C9H18NO3+. The van der Waals surface area contributed by atoms with Crippen LogP contribution in [0, 0.1) is 0 Å². The molecule has 0 aromatic rings. The molecule has 0 bridgehead atoms. The molecule has 0 aliphatic rings. The van der Waals surface area contributed by atoms with E-state index in [2.05, 4.69) is 11.3 Å². The fourth-order valence-electron chi connectivity index (χ4n) is 0.730. The zero-order valence-electron chi connectivity index (χ0n) is 8.70. The van der Waals surface area contributed by atoms with E-state index in [1.54, 1.807) is 6.92 Å². The van der Waals surface area contributed by atoms with Crippen LogP contribution >= 0.6 is 0 Å². The lowest BCUT2D eigenvalue weighted by atomic mass is 10.4. The van der Waals surface area contributed by atoms with E-state index in [1.165, 1.54) is 0 Å². The molecule has 0 radical (unpaired) electrons. The molecule has 1 N–H and O–H groups in total. The van der Waals surface area contributed by atoms with E-state index in [0.29, 0.717) is 16.6 Å². The minimum atomic E-state index is -1.07. The van der Waals surface area contributed by atoms with Crippen molar-refractivity contribution in [2.45, 2.75) is 13.2 Å². The zero-order valence-corrected chi connectivity index (χ0v) is 8.70. The van der Waals surface area contributed by atoms with Crippen molar-refractivity contribution in [1.82, 2.24) is 0 Å². The third-order valence-corrected chi connectivity index (χ3v) is 1.30. The van der Waals surface area contributed by atoms with Gasteiger partial charge in [0.05, 0.1) is 21.1 Å². The van der Waals surface area contributed by atoms with Gasteiger partial charge < -0.3 is 14.3 Å². The molecule has 0 amide bonds. The number of quaternary nitrogens is 1. The first-order chi connectivity index (χ1) is 5.72. The van der Waals surface area contributed by atoms with Crippen LogP contribution in [-0.2, 0) is 9.53 Å². The molecule has 4 heteroatoms. The second kappa shape index (κ2) is 4.39. The molecule has 0 fully saturated rings. The molecular weight excluding hydrogens is 170 g/mol. The maximum Gasteiger partial charge on any atom is 0.335 e. The number of nitrogens with zero attached hydrogens (tertiary/aromatic N) is 1. The van der Waals surface area contributed by atoms with E-state index in [0.717, 1.165) is 0 Å². The van der Waals surface area contributed by atoms with Gasteiger partial charge in [-0.2, -0.15) is 0 Å². The third kappa shape index (κ3) is 6.31. The minimum Gasteiger partial charge on any atom is -0.426 e. The number of likely N-dealkylation sites (N-methyl/N-ethyl adjacent to an activating group) is 1. The summed E-state index contributed by atoms with van der Waals surface area (Å²) in [6.45, 7) is 5.32. The number of ether oxygens (including phenoxy) is 1. The predicted molar refractivity (Wildman–Crippen MR) is 49.8 cm³/mol. The van der Waals surface area contributed by atoms with Crippen molar-refractivity contribution in [1.29, 1.82) is 0 Å². The Balaban J connectivity index is 3.95. The first kappa shape index (κ1) is 12.1. The Hall–Kier alpha value is -0.870. The SMILES string of the molecule is C=C(C)C(=O)OC(O)C[N+](C)(C)C. The Bertz CT molecular complexity index is 205. The Labute approximate surface area is 79.0 Å². The molecule has 0 aliphatic heterocycles. The molecule has 0 aliphatic carbocycles. The van der Waals surface area contributed by atoms with Gasteiger partial charge in [-0.05, 0) is 6.92 Å². The van der Waals surface area contributed by atoms with Gasteiger partial charge in [0.2, 0.25) is 0 Å². The van der Waals surface area contributed by atoms with Crippen LogP contribution in [-0.4, -0.2) is 49.5 Å². The summed E-state index contributed by atoms with van der Waals surface area (Å²) in [7, 11) is 5.70. The van der Waals surface area contributed by atoms with Crippen molar-refractivity contribution >= 4 is 5.97 Å². The molecule has 0 heterocycles. The van der Waals surface area contributed by atoms with Crippen molar-refractivity contribution in [2.24, 2.45) is 0 Å². The quantitative estimate of drug-likeness (QED) is 0.295. The smallest absolute Gasteiger partial charge is 0.335 e. The highest BCUT2D eigenvalue weighted by Gasteiger charge is 2.19. The fraction of sp³-hybridized carbons (Fsp3) is 0.667. The maximum absolute atomic E-state index is 11.0. The summed E-state index contributed by atoms with van der Waals surface area (Å²) in [6.07, 6.45) is -1.07. The van der Waals surface area contributed by atoms with Crippen LogP contribution in [0.25, 0.3) is 0 Å². The van der Waals surface area contributed by atoms with Gasteiger partial charge in [0, 0.05) is 5.57 Å². The maximum atomic E-state index is 11.0. The zero-order chi connectivity index (χ0) is 10.6. The summed E-state index contributed by atoms with van der Waals surface area (Å²) >= 11 is 0. The number of esters is 1. The Morgan fingerprint density at radius 1 is 1.54 bits per heavy atom. The van der Waals surface area contributed by atoms with Gasteiger partial charge in [0.1, 0.15) is 6.54 Å². The lowest BCUT2D eigenvalue weighted by Crippen LogP contribution is -2.43. The van der Waals surface area contributed by atoms with E-state index in [-0.39, 0.29) is 0 Å². The predicted octanol–water partition coefficient (Wildman–Crippen LogP) is 0.130. The number of aliphatic hydroxyl groups excluding tert-OH is 1. The summed E-state index contributed by atoms with van der Waals surface area (Å²) in [6, 6.07) is 0. The van der Waals surface area contributed by atoms with Crippen molar-refractivity contribution in [2.75, 3.05) is 27.7 Å². The first-order valence-corrected chi connectivity index (χ1v) is 4.07. The molecule has 0 aromatic heterocycles. The van der Waals surface area contributed by atoms with E-state index in [4.69, 9.17) is 0 Å². The van der Waals surface area contributed by atoms with Crippen LogP contribution in [0.15, 0.2) is 12.2 Å². The summed E-state index contributed by atoms with van der Waals surface area (Å²) in [5.74, 6) is -0.555. The molecule has 0 rings (SSSR count). The number of carbonyl (C=O) groups is 1. The highest BCUT2D eigenvalue weighted by molar-refractivity contribution is 5.86. The minimum absolute atomic E-state index is 0.292. The molecule has 4 nitrogen and oxygen atoms in total. The van der Waals surface area contributed by atoms with Crippen LogP contribution < -0.4 is 0 Å². The van der Waals surface area contributed by atoms with E-state index in [1.807, 2.05) is 21.1 Å². The Morgan fingerprint density at radius 3 is 2.31 bits per heavy atom. The van der Waals surface area contributed by atoms with Crippen molar-refractivity contribution in [3.05, 3.63) is 12.2 Å². The van der Waals surface area contributed by atoms with Crippen molar-refractivity contribution in [3.8, 4) is 0 Å². The second-order valence-electron chi connectivity index (χ2n) is 4.11. The molecule has 1 atom stereocenters. The monoisotopic (exact) mass is 188 g/mol. The van der Waals surface area contributed by atoms with Gasteiger partial charge >= 0.3 is 5.97 Å². The lowest BCUT2D eigenvalue weighted by Gasteiger charge is -2.26. The number of aliphatic hydroxyl groups is 1. The fourth-order valence-corrected chi connectivity index (χ4v) is 0.730. The summed E-state index contributed by atoms with van der Waals surface area (Å²) in [5.41, 5.74) is 0.292. The second-order valence-corrected chi connectivity index (χ2v) is 4.11. The number of hydrogen-bond acceptors (Lipinski definition) is 3. The highest BCUT2D eigenvalue weighted by atomic mass is 16.6. The molecule has 13 heavy (non-hydrogen) atoms. The van der Waals surface area contributed by atoms with Crippen LogP contribution in [0.1, 0.15) is 6.92 Å². The van der Waals surface area contributed by atoms with Crippen LogP contribution in [0.2, 0.25) is 0 Å². The summed E-state index contributed by atoms with van der Waals surface area (Å²) in [4.78, 5) is 11.0. The van der Waals surface area contributed by atoms with Gasteiger partial charge in [0.15, 0.2) is 0 Å². The Morgan fingerprint density at radius 2 is 2.00 bits per heavy atom. The topological polar surface area (TPSA) is 46.5 Å². The number of rotatable bonds is 4. The van der Waals surface area contributed by atoms with Gasteiger partial charge in [0.25, 0.3) is 6.29 Å². The first-order valence-electron chi connectivity index (χ1n) is 4.07. The van der Waals surface area contributed by atoms with Crippen molar-refractivity contribution in [3.63, 3.8) is 0 Å². The van der Waals surface area contributed by atoms with E-state index >= 15 is 0 Å². The van der Waals surface area contributed by atoms with Gasteiger partial charge in [-0.25, -0.2) is 4.79 Å². The molecule has 76 valence electrons. The normalized spacial score (nSPS) is 13.6. The average molecular weight is 188 g/mol. The van der Waals surface area contributed by atoms with Gasteiger partial charge in [-0.15, -0.1) is 0 Å². The third-order valence-electron chi connectivity index (χ3n) is 1.30. The van der Waals surface area contributed by atoms with E-state index in [9.17, 15) is 9.90 Å². The summed E-state index contributed by atoms with van der Waals surface area (Å²) in [5, 5.41) is 9.30. The van der Waals surface area contributed by atoms with Crippen LogP contribution in [0.3, 0.4) is 0 Å². The Kier molecular flexibility index (Phi) is 4.10. The molecule has 0 aromatic carbocycles. The van der Waals surface area contributed by atoms with Gasteiger partial charge in [-0.3, -0.25) is 0 Å². The van der Waals surface area contributed by atoms with Crippen LogP contribution in [0.4, 0.5) is 0 Å². The standard InChI is InChI=1S/C9H18NO3/c1-7(2)9(12)13-8(11)6-10(3,4)5/h8,11H,1,6H2,2-5H3/q+1.